The van der Waals surface area contributed by atoms with Crippen LogP contribution in [0.25, 0.3) is 0 Å². The first kappa shape index (κ1) is 27.8. The Bertz CT molecular complexity index is 1080. The molecule has 1 aromatic rings. The van der Waals surface area contributed by atoms with Gasteiger partial charge in [-0.2, -0.15) is 21.6 Å². The molecule has 7 nitrogen and oxygen atoms in total. The van der Waals surface area contributed by atoms with Crippen molar-refractivity contribution in [2.24, 2.45) is 17.8 Å². The normalized spacial score (nSPS) is 29.3. The first-order valence-corrected chi connectivity index (χ1v) is 14.2. The summed E-state index contributed by atoms with van der Waals surface area (Å²) in [7, 11) is -3.65. The maximum atomic E-state index is 13.1. The van der Waals surface area contributed by atoms with E-state index in [1.165, 1.54) is 11.0 Å². The maximum Gasteiger partial charge on any atom is 0.534 e. The van der Waals surface area contributed by atoms with E-state index in [1.807, 2.05) is 30.3 Å². The van der Waals surface area contributed by atoms with E-state index >= 15 is 0 Å². The molecule has 0 spiro atoms. The van der Waals surface area contributed by atoms with Gasteiger partial charge in [0.2, 0.25) is 0 Å². The van der Waals surface area contributed by atoms with E-state index in [0.29, 0.717) is 24.3 Å². The molecule has 2 heterocycles. The number of hydrogen-bond donors (Lipinski definition) is 0. The van der Waals surface area contributed by atoms with Crippen LogP contribution in [0.2, 0.25) is 0 Å². The van der Waals surface area contributed by atoms with Gasteiger partial charge in [-0.25, -0.2) is 4.79 Å². The van der Waals surface area contributed by atoms with Gasteiger partial charge < -0.3 is 18.7 Å². The van der Waals surface area contributed by atoms with Crippen LogP contribution in [-0.4, -0.2) is 62.0 Å². The summed E-state index contributed by atoms with van der Waals surface area (Å²) in [6.07, 6.45) is 5.28. The highest BCUT2D eigenvalue weighted by atomic mass is 32.2. The lowest BCUT2D eigenvalue weighted by molar-refractivity contribution is -0.0528. The third-order valence-electron chi connectivity index (χ3n) is 7.97. The van der Waals surface area contributed by atoms with Gasteiger partial charge in [0, 0.05) is 25.0 Å². The molecule has 5 atom stereocenters. The van der Waals surface area contributed by atoms with Crippen LogP contribution in [0.1, 0.15) is 51.0 Å². The number of likely N-dealkylation sites (tertiary alicyclic amines) is 1. The molecule has 0 aromatic heterocycles. The number of alkyl halides is 3. The topological polar surface area (TPSA) is 76.2 Å². The molecule has 1 saturated heterocycles. The van der Waals surface area contributed by atoms with Gasteiger partial charge in [-0.15, -0.1) is 0 Å². The Kier molecular flexibility index (Phi) is 8.42. The van der Waals surface area contributed by atoms with Crippen molar-refractivity contribution in [1.82, 2.24) is 9.80 Å². The summed E-state index contributed by atoms with van der Waals surface area (Å²) in [5.74, 6) is 0.872. The van der Waals surface area contributed by atoms with Crippen LogP contribution in [-0.2, 0) is 25.6 Å². The molecule has 11 heteroatoms. The maximum absolute atomic E-state index is 13.1. The second-order valence-corrected chi connectivity index (χ2v) is 12.2. The van der Waals surface area contributed by atoms with E-state index in [2.05, 4.69) is 23.1 Å². The zero-order valence-electron chi connectivity index (χ0n) is 21.2. The Labute approximate surface area is 216 Å². The minimum Gasteiger partial charge on any atom is -0.445 e. The van der Waals surface area contributed by atoms with E-state index in [9.17, 15) is 26.4 Å². The van der Waals surface area contributed by atoms with E-state index < -0.39 is 27.8 Å². The Morgan fingerprint density at radius 3 is 2.59 bits per heavy atom. The van der Waals surface area contributed by atoms with E-state index in [0.717, 1.165) is 37.8 Å². The van der Waals surface area contributed by atoms with Crippen LogP contribution in [0.5, 0.6) is 0 Å². The molecule has 0 unspecified atom stereocenters. The highest BCUT2D eigenvalue weighted by Crippen LogP contribution is 2.44. The summed E-state index contributed by atoms with van der Waals surface area (Å²) in [6, 6.07) is 9.09. The Morgan fingerprint density at radius 1 is 1.16 bits per heavy atom. The van der Waals surface area contributed by atoms with Crippen molar-refractivity contribution in [2.45, 2.75) is 69.6 Å². The molecule has 3 aliphatic rings. The quantitative estimate of drug-likeness (QED) is 0.358. The molecule has 2 aliphatic heterocycles. The van der Waals surface area contributed by atoms with Crippen LogP contribution in [0.15, 0.2) is 42.2 Å². The van der Waals surface area contributed by atoms with Crippen molar-refractivity contribution in [3.63, 3.8) is 0 Å². The number of piperidine rings is 1. The SMILES string of the molecule is C[C@@H]1C[C@@H](C[C@@H]2CC(OS(=O)(=O)C(F)(F)F)=CCN2C(=O)OCc2ccccc2)[C@H]2CCCN(C)[C@@H]2C1. The fraction of sp³-hybridized carbons (Fsp3) is 0.654. The molecule has 37 heavy (non-hydrogen) atoms. The Balaban J connectivity index is 1.53. The number of carbonyl (C=O) groups is 1. The number of ether oxygens (including phenoxy) is 1. The van der Waals surface area contributed by atoms with Gasteiger partial charge in [-0.3, -0.25) is 0 Å². The number of rotatable bonds is 6. The van der Waals surface area contributed by atoms with Gasteiger partial charge in [0.05, 0.1) is 0 Å². The number of carbonyl (C=O) groups excluding carboxylic acids is 1. The molecule has 1 saturated carbocycles. The van der Waals surface area contributed by atoms with Crippen molar-refractivity contribution in [1.29, 1.82) is 0 Å². The molecule has 0 radical (unpaired) electrons. The van der Waals surface area contributed by atoms with Crippen molar-refractivity contribution in [2.75, 3.05) is 20.1 Å². The molecule has 1 aliphatic carbocycles. The zero-order valence-corrected chi connectivity index (χ0v) is 22.0. The predicted octanol–water partition coefficient (Wildman–Crippen LogP) is 5.29. The summed E-state index contributed by atoms with van der Waals surface area (Å²) >= 11 is 0. The average Bonchev–Trinajstić information content (AvgIpc) is 2.83. The summed E-state index contributed by atoms with van der Waals surface area (Å²) in [5, 5.41) is 0. The highest BCUT2D eigenvalue weighted by molar-refractivity contribution is 7.87. The standard InChI is InChI=1S/C26H35F3N2O5S/c1-18-13-20(23-9-6-11-30(2)24(23)14-18)15-21-16-22(36-37(33,34)26(27,28)29)10-12-31(21)25(32)35-17-19-7-4-3-5-8-19/h3-5,7-8,10,18,20-21,23-24H,6,9,11-17H2,1-2H3/t18-,20+,21-,23-,24-/m1/s1. The summed E-state index contributed by atoms with van der Waals surface area (Å²) in [4.78, 5) is 17.0. The number of hydrogen-bond acceptors (Lipinski definition) is 6. The molecule has 2 fully saturated rings. The Morgan fingerprint density at radius 2 is 1.89 bits per heavy atom. The molecule has 1 aromatic carbocycles. The van der Waals surface area contributed by atoms with Crippen molar-refractivity contribution in [3.05, 3.63) is 47.7 Å². The second kappa shape index (κ2) is 11.2. The van der Waals surface area contributed by atoms with Gasteiger partial charge in [-0.05, 0) is 75.1 Å². The van der Waals surface area contributed by atoms with E-state index in [1.54, 1.807) is 0 Å². The number of amides is 1. The smallest absolute Gasteiger partial charge is 0.445 e. The van der Waals surface area contributed by atoms with Crippen molar-refractivity contribution >= 4 is 16.2 Å². The first-order valence-electron chi connectivity index (χ1n) is 12.8. The van der Waals surface area contributed by atoms with Crippen LogP contribution in [0.4, 0.5) is 18.0 Å². The van der Waals surface area contributed by atoms with E-state index in [4.69, 9.17) is 4.74 Å². The summed E-state index contributed by atoms with van der Waals surface area (Å²) < 4.78 is 72.2. The lowest BCUT2D eigenvalue weighted by Crippen LogP contribution is -2.51. The summed E-state index contributed by atoms with van der Waals surface area (Å²) in [5.41, 5.74) is -4.71. The van der Waals surface area contributed by atoms with Gasteiger partial charge >= 0.3 is 21.7 Å². The molecular formula is C26H35F3N2O5S. The third kappa shape index (κ3) is 6.60. The largest absolute Gasteiger partial charge is 0.534 e. The summed E-state index contributed by atoms with van der Waals surface area (Å²) in [6.45, 7) is 3.23. The lowest BCUT2D eigenvalue weighted by Gasteiger charge is -2.50. The minimum absolute atomic E-state index is 0.0639. The molecular weight excluding hydrogens is 509 g/mol. The fourth-order valence-electron chi connectivity index (χ4n) is 6.25. The highest BCUT2D eigenvalue weighted by Gasteiger charge is 2.49. The Hall–Kier alpha value is -2.27. The number of nitrogens with zero attached hydrogens (tertiary/aromatic N) is 2. The molecule has 206 valence electrons. The van der Waals surface area contributed by atoms with Crippen LogP contribution in [0.3, 0.4) is 0 Å². The zero-order chi connectivity index (χ0) is 26.8. The minimum atomic E-state index is -5.78. The van der Waals surface area contributed by atoms with E-state index in [-0.39, 0.29) is 31.2 Å². The third-order valence-corrected chi connectivity index (χ3v) is 8.97. The number of halogens is 3. The van der Waals surface area contributed by atoms with Crippen molar-refractivity contribution in [3.8, 4) is 0 Å². The lowest BCUT2D eigenvalue weighted by atomic mass is 9.66. The second-order valence-electron chi connectivity index (χ2n) is 10.6. The number of benzene rings is 1. The molecule has 4 rings (SSSR count). The van der Waals surface area contributed by atoms with Gasteiger partial charge in [0.15, 0.2) is 0 Å². The van der Waals surface area contributed by atoms with Crippen molar-refractivity contribution < 1.29 is 35.3 Å². The molecule has 1 amide bonds. The van der Waals surface area contributed by atoms with Gasteiger partial charge in [0.25, 0.3) is 0 Å². The van der Waals surface area contributed by atoms with Crippen LogP contribution in [0, 0.1) is 17.8 Å². The monoisotopic (exact) mass is 544 g/mol. The van der Waals surface area contributed by atoms with Gasteiger partial charge in [0.1, 0.15) is 12.4 Å². The number of fused-ring (bicyclic) bond motifs is 1. The first-order chi connectivity index (χ1) is 17.4. The average molecular weight is 545 g/mol. The van der Waals surface area contributed by atoms with Crippen LogP contribution >= 0.6 is 0 Å². The predicted molar refractivity (Wildman–Crippen MR) is 132 cm³/mol. The fourth-order valence-corrected chi connectivity index (χ4v) is 6.77. The molecule has 0 N–H and O–H groups in total. The van der Waals surface area contributed by atoms with Gasteiger partial charge in [-0.1, -0.05) is 37.3 Å². The molecule has 0 bridgehead atoms. The van der Waals surface area contributed by atoms with Crippen LogP contribution < -0.4 is 0 Å².